The molecule has 0 aromatic heterocycles. The molecule has 0 saturated heterocycles. The summed E-state index contributed by atoms with van der Waals surface area (Å²) in [5.74, 6) is 0. The van der Waals surface area contributed by atoms with Crippen LogP contribution in [-0.4, -0.2) is 17.3 Å². The minimum Gasteiger partial charge on any atom is -0.392 e. The molecule has 0 amide bonds. The Morgan fingerprint density at radius 2 is 2.12 bits per heavy atom. The first-order chi connectivity index (χ1) is 7.68. The zero-order valence-electron chi connectivity index (χ0n) is 9.49. The van der Waals surface area contributed by atoms with Gasteiger partial charge in [0.15, 0.2) is 0 Å². The summed E-state index contributed by atoms with van der Waals surface area (Å²) in [5, 5.41) is 13.3. The number of hydrogen-bond donors (Lipinski definition) is 2. The predicted octanol–water partition coefficient (Wildman–Crippen LogP) is 3.01. The molecular formula is C13H18BrNO. The quantitative estimate of drug-likeness (QED) is 0.894. The van der Waals surface area contributed by atoms with Crippen molar-refractivity contribution in [1.29, 1.82) is 0 Å². The van der Waals surface area contributed by atoms with Crippen molar-refractivity contribution < 1.29 is 5.11 Å². The fraction of sp³-hybridized carbons (Fsp3) is 0.538. The number of benzene rings is 1. The maximum absolute atomic E-state index is 9.78. The van der Waals surface area contributed by atoms with E-state index in [1.54, 1.807) is 0 Å². The third-order valence-corrected chi connectivity index (χ3v) is 4.04. The third-order valence-electron chi connectivity index (χ3n) is 3.32. The number of halogens is 1. The Hall–Kier alpha value is -0.380. The lowest BCUT2D eigenvalue weighted by molar-refractivity contribution is 0.144. The molecule has 2 rings (SSSR count). The Bertz CT molecular complexity index is 356. The molecule has 0 spiro atoms. The van der Waals surface area contributed by atoms with Crippen LogP contribution in [0.2, 0.25) is 0 Å². The highest BCUT2D eigenvalue weighted by atomic mass is 79.9. The number of aliphatic hydroxyl groups is 1. The molecule has 3 heteroatoms. The molecule has 0 bridgehead atoms. The second kappa shape index (κ2) is 5.30. The smallest absolute Gasteiger partial charge is 0.0693 e. The SMILES string of the molecule is C[C@H](N[C@@H]1CCC[C@H]1O)c1ccccc1Br. The summed E-state index contributed by atoms with van der Waals surface area (Å²) < 4.78 is 1.13. The van der Waals surface area contributed by atoms with E-state index >= 15 is 0 Å². The lowest BCUT2D eigenvalue weighted by Crippen LogP contribution is -2.37. The van der Waals surface area contributed by atoms with Gasteiger partial charge >= 0.3 is 0 Å². The maximum atomic E-state index is 9.78. The molecule has 88 valence electrons. The molecule has 1 aliphatic carbocycles. The van der Waals surface area contributed by atoms with Crippen molar-refractivity contribution in [2.45, 2.75) is 44.4 Å². The molecule has 2 nitrogen and oxygen atoms in total. The van der Waals surface area contributed by atoms with Gasteiger partial charge in [0.1, 0.15) is 0 Å². The molecule has 0 heterocycles. The van der Waals surface area contributed by atoms with Crippen LogP contribution in [0, 0.1) is 0 Å². The number of rotatable bonds is 3. The third kappa shape index (κ3) is 2.65. The van der Waals surface area contributed by atoms with Gasteiger partial charge in [0.2, 0.25) is 0 Å². The van der Waals surface area contributed by atoms with Crippen LogP contribution in [0.4, 0.5) is 0 Å². The van der Waals surface area contributed by atoms with Gasteiger partial charge in [-0.05, 0) is 37.8 Å². The minimum atomic E-state index is -0.176. The van der Waals surface area contributed by atoms with Gasteiger partial charge in [-0.1, -0.05) is 34.1 Å². The number of nitrogens with one attached hydrogen (secondary N) is 1. The highest BCUT2D eigenvalue weighted by molar-refractivity contribution is 9.10. The second-order valence-corrected chi connectivity index (χ2v) is 5.37. The van der Waals surface area contributed by atoms with Gasteiger partial charge in [-0.2, -0.15) is 0 Å². The molecule has 0 radical (unpaired) electrons. The summed E-state index contributed by atoms with van der Waals surface area (Å²) >= 11 is 3.56. The summed E-state index contributed by atoms with van der Waals surface area (Å²) in [5.41, 5.74) is 1.25. The van der Waals surface area contributed by atoms with Crippen molar-refractivity contribution in [3.63, 3.8) is 0 Å². The molecular weight excluding hydrogens is 266 g/mol. The topological polar surface area (TPSA) is 32.3 Å². The van der Waals surface area contributed by atoms with E-state index in [0.29, 0.717) is 0 Å². The van der Waals surface area contributed by atoms with Crippen molar-refractivity contribution in [2.24, 2.45) is 0 Å². The van der Waals surface area contributed by atoms with E-state index < -0.39 is 0 Å². The van der Waals surface area contributed by atoms with Crippen LogP contribution in [0.3, 0.4) is 0 Å². The first kappa shape index (κ1) is 12.1. The van der Waals surface area contributed by atoms with Crippen LogP contribution >= 0.6 is 15.9 Å². The van der Waals surface area contributed by atoms with Gasteiger partial charge in [-0.25, -0.2) is 0 Å². The van der Waals surface area contributed by atoms with E-state index in [1.165, 1.54) is 5.56 Å². The average molecular weight is 284 g/mol. The molecule has 16 heavy (non-hydrogen) atoms. The number of hydrogen-bond acceptors (Lipinski definition) is 2. The zero-order chi connectivity index (χ0) is 11.5. The second-order valence-electron chi connectivity index (χ2n) is 4.51. The zero-order valence-corrected chi connectivity index (χ0v) is 11.1. The predicted molar refractivity (Wildman–Crippen MR) is 69.3 cm³/mol. The van der Waals surface area contributed by atoms with Crippen molar-refractivity contribution >= 4 is 15.9 Å². The highest BCUT2D eigenvalue weighted by Crippen LogP contribution is 2.26. The van der Waals surface area contributed by atoms with E-state index in [1.807, 2.05) is 12.1 Å². The standard InChI is InChI=1S/C13H18BrNO/c1-9(10-5-2-3-6-11(10)14)15-12-7-4-8-13(12)16/h2-3,5-6,9,12-13,15-16H,4,7-8H2,1H3/t9-,12+,13+/m0/s1. The van der Waals surface area contributed by atoms with E-state index in [9.17, 15) is 5.11 Å². The molecule has 1 aromatic carbocycles. The Labute approximate surface area is 105 Å². The summed E-state index contributed by atoms with van der Waals surface area (Å²) in [7, 11) is 0. The fourth-order valence-corrected chi connectivity index (χ4v) is 3.00. The molecule has 0 aliphatic heterocycles. The molecule has 3 atom stereocenters. The average Bonchev–Trinajstić information content (AvgIpc) is 2.65. The van der Waals surface area contributed by atoms with Crippen molar-refractivity contribution in [1.82, 2.24) is 5.32 Å². The first-order valence-corrected chi connectivity index (χ1v) is 6.66. The summed E-state index contributed by atoms with van der Waals surface area (Å²) in [6.45, 7) is 2.14. The Morgan fingerprint density at radius 1 is 1.38 bits per heavy atom. The fourth-order valence-electron chi connectivity index (χ4n) is 2.37. The van der Waals surface area contributed by atoms with Gasteiger partial charge in [0.05, 0.1) is 6.10 Å². The number of aliphatic hydroxyl groups excluding tert-OH is 1. The molecule has 1 saturated carbocycles. The monoisotopic (exact) mass is 283 g/mol. The summed E-state index contributed by atoms with van der Waals surface area (Å²) in [6.07, 6.45) is 2.96. The Kier molecular flexibility index (Phi) is 4.00. The highest BCUT2D eigenvalue weighted by Gasteiger charge is 2.26. The summed E-state index contributed by atoms with van der Waals surface area (Å²) in [6, 6.07) is 8.76. The van der Waals surface area contributed by atoms with Crippen LogP contribution in [0.5, 0.6) is 0 Å². The first-order valence-electron chi connectivity index (χ1n) is 5.87. The normalized spacial score (nSPS) is 26.9. The van der Waals surface area contributed by atoms with Crippen LogP contribution < -0.4 is 5.32 Å². The van der Waals surface area contributed by atoms with Crippen molar-refractivity contribution in [3.8, 4) is 0 Å². The van der Waals surface area contributed by atoms with Gasteiger partial charge in [0.25, 0.3) is 0 Å². The van der Waals surface area contributed by atoms with E-state index in [-0.39, 0.29) is 18.2 Å². The maximum Gasteiger partial charge on any atom is 0.0693 e. The van der Waals surface area contributed by atoms with Crippen LogP contribution in [0.15, 0.2) is 28.7 Å². The molecule has 2 N–H and O–H groups in total. The van der Waals surface area contributed by atoms with Crippen LogP contribution in [0.25, 0.3) is 0 Å². The van der Waals surface area contributed by atoms with Gasteiger partial charge in [0, 0.05) is 16.6 Å². The Morgan fingerprint density at radius 3 is 2.75 bits per heavy atom. The lowest BCUT2D eigenvalue weighted by atomic mass is 10.1. The van der Waals surface area contributed by atoms with Gasteiger partial charge < -0.3 is 10.4 Å². The van der Waals surface area contributed by atoms with E-state index in [2.05, 4.69) is 40.3 Å². The Balaban J connectivity index is 2.03. The van der Waals surface area contributed by atoms with Gasteiger partial charge in [-0.3, -0.25) is 0 Å². The molecule has 1 aromatic rings. The van der Waals surface area contributed by atoms with Crippen molar-refractivity contribution in [3.05, 3.63) is 34.3 Å². The minimum absolute atomic E-state index is 0.176. The van der Waals surface area contributed by atoms with Crippen LogP contribution in [-0.2, 0) is 0 Å². The molecule has 1 fully saturated rings. The van der Waals surface area contributed by atoms with Crippen LogP contribution in [0.1, 0.15) is 37.8 Å². The van der Waals surface area contributed by atoms with E-state index in [0.717, 1.165) is 23.7 Å². The molecule has 1 aliphatic rings. The van der Waals surface area contributed by atoms with Gasteiger partial charge in [-0.15, -0.1) is 0 Å². The van der Waals surface area contributed by atoms with Crippen molar-refractivity contribution in [2.75, 3.05) is 0 Å². The largest absolute Gasteiger partial charge is 0.392 e. The van der Waals surface area contributed by atoms with E-state index in [4.69, 9.17) is 0 Å². The lowest BCUT2D eigenvalue weighted by Gasteiger charge is -2.23. The summed E-state index contributed by atoms with van der Waals surface area (Å²) in [4.78, 5) is 0. The molecule has 0 unspecified atom stereocenters.